The molecule has 0 radical (unpaired) electrons. The van der Waals surface area contributed by atoms with E-state index in [9.17, 15) is 4.79 Å². The smallest absolute Gasteiger partial charge is 0.240 e. The molecule has 5 nitrogen and oxygen atoms in total. The number of benzene rings is 2. The highest BCUT2D eigenvalue weighted by atomic mass is 16.2. The second-order valence-electron chi connectivity index (χ2n) is 9.09. The topological polar surface area (TPSA) is 38.8 Å². The molecule has 2 aromatic rings. The largest absolute Gasteiger partial charge is 0.353 e. The van der Waals surface area contributed by atoms with Crippen LogP contribution in [0.5, 0.6) is 0 Å². The fourth-order valence-electron chi connectivity index (χ4n) is 4.66. The summed E-state index contributed by atoms with van der Waals surface area (Å²) in [6.07, 6.45) is 0. The maximum Gasteiger partial charge on any atom is 0.240 e. The zero-order valence-corrected chi connectivity index (χ0v) is 18.3. The fourth-order valence-corrected chi connectivity index (χ4v) is 4.66. The number of nitrogens with one attached hydrogen (secondary N) is 1. The third-order valence-electron chi connectivity index (χ3n) is 6.61. The van der Waals surface area contributed by atoms with Crippen LogP contribution in [0.15, 0.2) is 60.7 Å². The van der Waals surface area contributed by atoms with Gasteiger partial charge in [0, 0.05) is 58.4 Å². The van der Waals surface area contributed by atoms with Gasteiger partial charge in [-0.25, -0.2) is 0 Å². The summed E-state index contributed by atoms with van der Waals surface area (Å²) in [5.41, 5.74) is 2.26. The molecular weight excluding hydrogens is 372 g/mol. The van der Waals surface area contributed by atoms with E-state index >= 15 is 0 Å². The molecule has 2 aliphatic rings. The Labute approximate surface area is 180 Å². The minimum atomic E-state index is -0.460. The fraction of sp³-hybridized carbons (Fsp3) is 0.480. The highest BCUT2D eigenvalue weighted by Crippen LogP contribution is 2.22. The molecule has 4 rings (SSSR count). The van der Waals surface area contributed by atoms with Crippen LogP contribution in [0.2, 0.25) is 0 Å². The van der Waals surface area contributed by atoms with Crippen molar-refractivity contribution >= 4 is 5.91 Å². The van der Waals surface area contributed by atoms with Crippen molar-refractivity contribution in [1.29, 1.82) is 0 Å². The van der Waals surface area contributed by atoms with Crippen LogP contribution in [0.25, 0.3) is 0 Å². The lowest BCUT2D eigenvalue weighted by Gasteiger charge is -2.48. The van der Waals surface area contributed by atoms with Gasteiger partial charge in [-0.15, -0.1) is 0 Å². The van der Waals surface area contributed by atoms with Crippen molar-refractivity contribution in [3.05, 3.63) is 71.8 Å². The monoisotopic (exact) mass is 406 g/mol. The van der Waals surface area contributed by atoms with E-state index in [2.05, 4.69) is 80.7 Å². The lowest BCUT2D eigenvalue weighted by atomic mass is 9.97. The Morgan fingerprint density at radius 1 is 0.900 bits per heavy atom. The van der Waals surface area contributed by atoms with Gasteiger partial charge in [-0.3, -0.25) is 19.5 Å². The van der Waals surface area contributed by atoms with E-state index < -0.39 is 5.54 Å². The number of carbonyl (C=O) groups excluding carboxylic acids is 1. The summed E-state index contributed by atoms with van der Waals surface area (Å²) in [6, 6.07) is 21.9. The predicted molar refractivity (Wildman–Crippen MR) is 121 cm³/mol. The van der Waals surface area contributed by atoms with Crippen molar-refractivity contribution in [3.8, 4) is 0 Å². The molecule has 0 bridgehead atoms. The van der Waals surface area contributed by atoms with Crippen LogP contribution in [0, 0.1) is 0 Å². The first-order valence-electron chi connectivity index (χ1n) is 11.1. The molecule has 0 aliphatic carbocycles. The van der Waals surface area contributed by atoms with Crippen molar-refractivity contribution in [3.63, 3.8) is 0 Å². The van der Waals surface area contributed by atoms with Gasteiger partial charge in [0.05, 0.1) is 5.54 Å². The number of hydrogen-bond acceptors (Lipinski definition) is 4. The molecule has 5 heteroatoms. The summed E-state index contributed by atoms with van der Waals surface area (Å²) >= 11 is 0. The number of amides is 1. The minimum Gasteiger partial charge on any atom is -0.353 e. The normalized spacial score (nSPS) is 23.3. The van der Waals surface area contributed by atoms with Crippen LogP contribution in [0.3, 0.4) is 0 Å². The minimum absolute atomic E-state index is 0.139. The van der Waals surface area contributed by atoms with Gasteiger partial charge in [0.15, 0.2) is 0 Å². The summed E-state index contributed by atoms with van der Waals surface area (Å²) in [5, 5.41) is 3.03. The number of rotatable bonds is 6. The van der Waals surface area contributed by atoms with Crippen LogP contribution in [0.4, 0.5) is 0 Å². The average Bonchev–Trinajstić information content (AvgIpc) is 2.75. The number of carbonyl (C=O) groups is 1. The highest BCUT2D eigenvalue weighted by Gasteiger charge is 2.40. The van der Waals surface area contributed by atoms with Crippen LogP contribution in [0.1, 0.15) is 25.0 Å². The number of piperazine rings is 2. The third kappa shape index (κ3) is 4.91. The maximum absolute atomic E-state index is 12.5. The standard InChI is InChI=1S/C25H34N4O/c1-25(2)24(30)26-13-14-29(25)20-23-19-27(17-21-9-5-3-6-10-21)15-16-28(23)18-22-11-7-4-8-12-22/h3-12,23H,13-20H2,1-2H3,(H,26,30). The number of hydrogen-bond donors (Lipinski definition) is 1. The van der Waals surface area contributed by atoms with Crippen LogP contribution in [-0.4, -0.2) is 71.5 Å². The Morgan fingerprint density at radius 3 is 2.20 bits per heavy atom. The Kier molecular flexibility index (Phi) is 6.52. The van der Waals surface area contributed by atoms with Gasteiger partial charge in [-0.2, -0.15) is 0 Å². The van der Waals surface area contributed by atoms with Crippen LogP contribution >= 0.6 is 0 Å². The summed E-state index contributed by atoms with van der Waals surface area (Å²) in [5.74, 6) is 0.139. The molecule has 2 fully saturated rings. The summed E-state index contributed by atoms with van der Waals surface area (Å²) in [7, 11) is 0. The van der Waals surface area contributed by atoms with Gasteiger partial charge in [-0.05, 0) is 25.0 Å². The molecule has 160 valence electrons. The molecular formula is C25H34N4O. The molecule has 0 saturated carbocycles. The molecule has 30 heavy (non-hydrogen) atoms. The van der Waals surface area contributed by atoms with E-state index in [1.807, 2.05) is 13.8 Å². The van der Waals surface area contributed by atoms with Crippen molar-refractivity contribution in [1.82, 2.24) is 20.0 Å². The summed E-state index contributed by atoms with van der Waals surface area (Å²) in [6.45, 7) is 11.8. The first-order chi connectivity index (χ1) is 14.5. The van der Waals surface area contributed by atoms with E-state index in [1.165, 1.54) is 11.1 Å². The molecule has 0 aromatic heterocycles. The van der Waals surface area contributed by atoms with Crippen molar-refractivity contribution in [2.75, 3.05) is 39.3 Å². The summed E-state index contributed by atoms with van der Waals surface area (Å²) in [4.78, 5) is 20.0. The Morgan fingerprint density at radius 2 is 1.53 bits per heavy atom. The molecule has 2 aromatic carbocycles. The lowest BCUT2D eigenvalue weighted by Crippen LogP contribution is -2.65. The van der Waals surface area contributed by atoms with E-state index in [1.54, 1.807) is 0 Å². The lowest BCUT2D eigenvalue weighted by molar-refractivity contribution is -0.136. The van der Waals surface area contributed by atoms with Crippen molar-refractivity contribution in [2.24, 2.45) is 0 Å². The van der Waals surface area contributed by atoms with Gasteiger partial charge in [0.2, 0.25) is 5.91 Å². The quantitative estimate of drug-likeness (QED) is 0.800. The Hall–Kier alpha value is -2.21. The predicted octanol–water partition coefficient (Wildman–Crippen LogP) is 2.58. The van der Waals surface area contributed by atoms with Gasteiger partial charge in [0.1, 0.15) is 0 Å². The van der Waals surface area contributed by atoms with Gasteiger partial charge >= 0.3 is 0 Å². The van der Waals surface area contributed by atoms with Crippen molar-refractivity contribution < 1.29 is 4.79 Å². The van der Waals surface area contributed by atoms with Gasteiger partial charge in [-0.1, -0.05) is 60.7 Å². The maximum atomic E-state index is 12.5. The summed E-state index contributed by atoms with van der Waals surface area (Å²) < 4.78 is 0. The SMILES string of the molecule is CC1(C)C(=O)NCCN1CC1CN(Cc2ccccc2)CCN1Cc1ccccc1. The second-order valence-corrected chi connectivity index (χ2v) is 9.09. The zero-order valence-electron chi connectivity index (χ0n) is 18.3. The molecule has 2 aliphatic heterocycles. The van der Waals surface area contributed by atoms with Crippen LogP contribution in [-0.2, 0) is 17.9 Å². The zero-order chi connectivity index (χ0) is 21.0. The van der Waals surface area contributed by atoms with E-state index in [4.69, 9.17) is 0 Å². The molecule has 1 N–H and O–H groups in total. The number of nitrogens with zero attached hydrogens (tertiary/aromatic N) is 3. The van der Waals surface area contributed by atoms with Crippen molar-refractivity contribution in [2.45, 2.75) is 38.5 Å². The third-order valence-corrected chi connectivity index (χ3v) is 6.61. The Bertz CT molecular complexity index is 824. The molecule has 1 unspecified atom stereocenters. The molecule has 2 saturated heterocycles. The van der Waals surface area contributed by atoms with Gasteiger partial charge in [0.25, 0.3) is 0 Å². The first kappa shape index (κ1) is 21.0. The van der Waals surface area contributed by atoms with E-state index in [0.717, 1.165) is 52.4 Å². The van der Waals surface area contributed by atoms with Gasteiger partial charge < -0.3 is 5.32 Å². The molecule has 1 atom stereocenters. The van der Waals surface area contributed by atoms with Crippen LogP contribution < -0.4 is 5.32 Å². The molecule has 2 heterocycles. The first-order valence-corrected chi connectivity index (χ1v) is 11.1. The molecule has 1 amide bonds. The second kappa shape index (κ2) is 9.29. The Balaban J connectivity index is 1.49. The average molecular weight is 407 g/mol. The van der Waals surface area contributed by atoms with E-state index in [0.29, 0.717) is 6.04 Å². The molecule has 0 spiro atoms. The highest BCUT2D eigenvalue weighted by molar-refractivity contribution is 5.86. The van der Waals surface area contributed by atoms with E-state index in [-0.39, 0.29) is 5.91 Å².